The third kappa shape index (κ3) is 5.28. The van der Waals surface area contributed by atoms with E-state index >= 15 is 0 Å². The third-order valence-corrected chi connectivity index (χ3v) is 3.67. The van der Waals surface area contributed by atoms with Gasteiger partial charge in [-0.25, -0.2) is 0 Å². The molecule has 0 aromatic heterocycles. The summed E-state index contributed by atoms with van der Waals surface area (Å²) in [4.78, 5) is 25.7. The van der Waals surface area contributed by atoms with Crippen molar-refractivity contribution in [2.75, 3.05) is 33.2 Å². The first kappa shape index (κ1) is 15.7. The second kappa shape index (κ2) is 7.90. The Hall–Kier alpha value is -1.72. The van der Waals surface area contributed by atoms with Gasteiger partial charge in [0.15, 0.2) is 0 Å². The molecule has 21 heavy (non-hydrogen) atoms. The van der Waals surface area contributed by atoms with E-state index in [-0.39, 0.29) is 18.4 Å². The van der Waals surface area contributed by atoms with Gasteiger partial charge in [0.1, 0.15) is 0 Å². The molecule has 1 saturated heterocycles. The van der Waals surface area contributed by atoms with Gasteiger partial charge < -0.3 is 5.32 Å². The molecular weight excluding hydrogens is 266 g/mol. The van der Waals surface area contributed by atoms with E-state index in [4.69, 9.17) is 0 Å². The fraction of sp³-hybridized carbons (Fsp3) is 0.500. The highest BCUT2D eigenvalue weighted by Crippen LogP contribution is 2.10. The number of nitrogens with zero attached hydrogens (tertiary/aromatic N) is 1. The maximum atomic E-state index is 11.9. The molecule has 0 saturated carbocycles. The zero-order chi connectivity index (χ0) is 15.1. The maximum absolute atomic E-state index is 11.9. The van der Waals surface area contributed by atoms with Crippen LogP contribution >= 0.6 is 0 Å². The maximum Gasteiger partial charge on any atom is 0.257 e. The minimum Gasteiger partial charge on any atom is -0.316 e. The Labute approximate surface area is 125 Å². The summed E-state index contributed by atoms with van der Waals surface area (Å²) in [6.07, 6.45) is 2.39. The Balaban J connectivity index is 1.74. The number of benzene rings is 1. The molecule has 0 spiro atoms. The smallest absolute Gasteiger partial charge is 0.257 e. The van der Waals surface area contributed by atoms with Crippen molar-refractivity contribution in [1.29, 1.82) is 0 Å². The van der Waals surface area contributed by atoms with Gasteiger partial charge in [0.25, 0.3) is 5.91 Å². The molecule has 2 rings (SSSR count). The van der Waals surface area contributed by atoms with E-state index in [9.17, 15) is 9.59 Å². The van der Waals surface area contributed by atoms with Crippen LogP contribution in [0.4, 0.5) is 0 Å². The number of carbonyl (C=O) groups excluding carboxylic acids is 2. The molecule has 1 aromatic rings. The number of hydrogen-bond acceptors (Lipinski definition) is 4. The molecule has 1 aliphatic rings. The minimum atomic E-state index is -0.340. The van der Waals surface area contributed by atoms with Crippen molar-refractivity contribution >= 4 is 11.8 Å². The van der Waals surface area contributed by atoms with E-state index < -0.39 is 0 Å². The molecule has 5 heteroatoms. The molecule has 0 radical (unpaired) electrons. The normalized spacial score (nSPS) is 18.5. The molecule has 2 N–H and O–H groups in total. The standard InChI is InChI=1S/C16H23N3O2/c1-19(11-13-6-5-9-17-10-13)12-15(20)18-16(21)14-7-3-2-4-8-14/h2-4,7-8,13,17H,5-6,9-12H2,1H3,(H,18,20,21). The van der Waals surface area contributed by atoms with E-state index in [0.717, 1.165) is 19.6 Å². The fourth-order valence-corrected chi connectivity index (χ4v) is 2.66. The van der Waals surface area contributed by atoms with Crippen molar-refractivity contribution in [3.8, 4) is 0 Å². The lowest BCUT2D eigenvalue weighted by atomic mass is 9.99. The third-order valence-electron chi connectivity index (χ3n) is 3.67. The highest BCUT2D eigenvalue weighted by atomic mass is 16.2. The van der Waals surface area contributed by atoms with E-state index in [1.807, 2.05) is 18.0 Å². The summed E-state index contributed by atoms with van der Waals surface area (Å²) in [5.74, 6) is -0.00942. The number of hydrogen-bond donors (Lipinski definition) is 2. The predicted octanol–water partition coefficient (Wildman–Crippen LogP) is 0.874. The lowest BCUT2D eigenvalue weighted by molar-refractivity contribution is -0.121. The Bertz CT molecular complexity index is 470. The Morgan fingerprint density at radius 3 is 2.76 bits per heavy atom. The second-order valence-corrected chi connectivity index (χ2v) is 5.65. The quantitative estimate of drug-likeness (QED) is 0.844. The molecule has 5 nitrogen and oxygen atoms in total. The molecule has 2 amide bonds. The van der Waals surface area contributed by atoms with Crippen molar-refractivity contribution in [3.05, 3.63) is 35.9 Å². The van der Waals surface area contributed by atoms with E-state index in [1.165, 1.54) is 12.8 Å². The fourth-order valence-electron chi connectivity index (χ4n) is 2.66. The Morgan fingerprint density at radius 2 is 2.10 bits per heavy atom. The van der Waals surface area contributed by atoms with Gasteiger partial charge >= 0.3 is 0 Å². The largest absolute Gasteiger partial charge is 0.316 e. The predicted molar refractivity (Wildman–Crippen MR) is 82.0 cm³/mol. The van der Waals surface area contributed by atoms with Crippen molar-refractivity contribution in [3.63, 3.8) is 0 Å². The van der Waals surface area contributed by atoms with Gasteiger partial charge in [-0.05, 0) is 51.0 Å². The molecule has 1 aliphatic heterocycles. The highest BCUT2D eigenvalue weighted by molar-refractivity contribution is 6.05. The summed E-state index contributed by atoms with van der Waals surface area (Å²) in [5.41, 5.74) is 0.505. The summed E-state index contributed by atoms with van der Waals surface area (Å²) < 4.78 is 0. The number of carbonyl (C=O) groups is 2. The summed E-state index contributed by atoms with van der Waals surface area (Å²) in [5, 5.41) is 5.80. The number of amides is 2. The molecule has 1 heterocycles. The molecule has 1 atom stereocenters. The summed E-state index contributed by atoms with van der Waals surface area (Å²) in [6, 6.07) is 8.79. The van der Waals surface area contributed by atoms with E-state index in [0.29, 0.717) is 11.5 Å². The summed E-state index contributed by atoms with van der Waals surface area (Å²) >= 11 is 0. The molecule has 1 unspecified atom stereocenters. The topological polar surface area (TPSA) is 61.4 Å². The number of imide groups is 1. The lowest BCUT2D eigenvalue weighted by Crippen LogP contribution is -2.42. The monoisotopic (exact) mass is 289 g/mol. The van der Waals surface area contributed by atoms with Crippen molar-refractivity contribution in [2.24, 2.45) is 5.92 Å². The number of rotatable bonds is 5. The molecule has 114 valence electrons. The van der Waals surface area contributed by atoms with Gasteiger partial charge in [-0.1, -0.05) is 18.2 Å². The number of likely N-dealkylation sites (N-methyl/N-ethyl adjacent to an activating group) is 1. The highest BCUT2D eigenvalue weighted by Gasteiger charge is 2.17. The van der Waals surface area contributed by atoms with Crippen LogP contribution in [0, 0.1) is 5.92 Å². The van der Waals surface area contributed by atoms with Gasteiger partial charge in [-0.2, -0.15) is 0 Å². The first-order valence-corrected chi connectivity index (χ1v) is 7.43. The van der Waals surface area contributed by atoms with Gasteiger partial charge in [0, 0.05) is 12.1 Å². The van der Waals surface area contributed by atoms with Crippen molar-refractivity contribution in [1.82, 2.24) is 15.5 Å². The second-order valence-electron chi connectivity index (χ2n) is 5.65. The van der Waals surface area contributed by atoms with Crippen LogP contribution in [0.15, 0.2) is 30.3 Å². The minimum absolute atomic E-state index is 0.245. The van der Waals surface area contributed by atoms with E-state index in [1.54, 1.807) is 24.3 Å². The van der Waals surface area contributed by atoms with Crippen LogP contribution in [0.2, 0.25) is 0 Å². The van der Waals surface area contributed by atoms with Crippen LogP contribution in [-0.2, 0) is 4.79 Å². The molecule has 1 fully saturated rings. The molecule has 0 bridgehead atoms. The molecule has 1 aromatic carbocycles. The SMILES string of the molecule is CN(CC(=O)NC(=O)c1ccccc1)CC1CCCNC1. The summed E-state index contributed by atoms with van der Waals surface area (Å²) in [6.45, 7) is 3.22. The molecular formula is C16H23N3O2. The number of piperidine rings is 1. The van der Waals surface area contributed by atoms with Crippen molar-refractivity contribution in [2.45, 2.75) is 12.8 Å². The van der Waals surface area contributed by atoms with Crippen LogP contribution in [-0.4, -0.2) is 49.9 Å². The van der Waals surface area contributed by atoms with Gasteiger partial charge in [-0.15, -0.1) is 0 Å². The zero-order valence-electron chi connectivity index (χ0n) is 12.5. The van der Waals surface area contributed by atoms with Gasteiger partial charge in [0.05, 0.1) is 6.54 Å². The Morgan fingerprint density at radius 1 is 1.33 bits per heavy atom. The van der Waals surface area contributed by atoms with Crippen LogP contribution < -0.4 is 10.6 Å². The average molecular weight is 289 g/mol. The van der Waals surface area contributed by atoms with Gasteiger partial charge in [-0.3, -0.25) is 19.8 Å². The van der Waals surface area contributed by atoms with Crippen molar-refractivity contribution < 1.29 is 9.59 Å². The lowest BCUT2D eigenvalue weighted by Gasteiger charge is -2.27. The average Bonchev–Trinajstić information content (AvgIpc) is 2.48. The van der Waals surface area contributed by atoms with Crippen LogP contribution in [0.3, 0.4) is 0 Å². The first-order valence-electron chi connectivity index (χ1n) is 7.43. The Kier molecular flexibility index (Phi) is 5.90. The van der Waals surface area contributed by atoms with E-state index in [2.05, 4.69) is 10.6 Å². The van der Waals surface area contributed by atoms with Crippen LogP contribution in [0.5, 0.6) is 0 Å². The van der Waals surface area contributed by atoms with Crippen LogP contribution in [0.25, 0.3) is 0 Å². The summed E-state index contributed by atoms with van der Waals surface area (Å²) in [7, 11) is 1.92. The number of nitrogens with one attached hydrogen (secondary N) is 2. The van der Waals surface area contributed by atoms with Gasteiger partial charge in [0.2, 0.25) is 5.91 Å². The van der Waals surface area contributed by atoms with Crippen LogP contribution in [0.1, 0.15) is 23.2 Å². The zero-order valence-corrected chi connectivity index (χ0v) is 12.5. The first-order chi connectivity index (χ1) is 10.1. The molecule has 0 aliphatic carbocycles.